The number of hydrogen-bond donors (Lipinski definition) is 0. The van der Waals surface area contributed by atoms with Crippen molar-refractivity contribution in [1.29, 1.82) is 0 Å². The first-order valence-electron chi connectivity index (χ1n) is 7.73. The number of rotatable bonds is 1. The van der Waals surface area contributed by atoms with Gasteiger partial charge in [-0.3, -0.25) is 0 Å². The van der Waals surface area contributed by atoms with Gasteiger partial charge < -0.3 is 8.97 Å². The number of aryl methyl sites for hydroxylation is 1. The van der Waals surface area contributed by atoms with Crippen molar-refractivity contribution in [2.75, 3.05) is 0 Å². The molecule has 0 aliphatic carbocycles. The highest BCUT2D eigenvalue weighted by Gasteiger charge is 2.13. The van der Waals surface area contributed by atoms with E-state index in [-0.39, 0.29) is 0 Å². The summed E-state index contributed by atoms with van der Waals surface area (Å²) in [5.74, 6) is 0. The smallest absolute Gasteiger partial charge is 0.162 e. The molecule has 0 amide bonds. The summed E-state index contributed by atoms with van der Waals surface area (Å²) in [6.07, 6.45) is 4.20. The van der Waals surface area contributed by atoms with Gasteiger partial charge in [-0.15, -0.1) is 0 Å². The van der Waals surface area contributed by atoms with Crippen molar-refractivity contribution in [3.63, 3.8) is 0 Å². The minimum Gasteiger partial charge on any atom is -0.341 e. The summed E-state index contributed by atoms with van der Waals surface area (Å²) < 4.78 is 4.35. The fraction of sp³-hybridized carbons (Fsp3) is 0.0500. The molecule has 0 fully saturated rings. The summed E-state index contributed by atoms with van der Waals surface area (Å²) >= 11 is 0. The van der Waals surface area contributed by atoms with Crippen LogP contribution >= 0.6 is 0 Å². The largest absolute Gasteiger partial charge is 0.341 e. The minimum atomic E-state index is 1.00. The zero-order chi connectivity index (χ0) is 15.4. The number of pyridine rings is 1. The number of hydrogen-bond acceptors (Lipinski definition) is 1. The third-order valence-corrected chi connectivity index (χ3v) is 4.56. The van der Waals surface area contributed by atoms with E-state index in [0.29, 0.717) is 0 Å². The molecule has 5 rings (SSSR count). The summed E-state index contributed by atoms with van der Waals surface area (Å²) in [6.45, 7) is 0. The van der Waals surface area contributed by atoms with Crippen molar-refractivity contribution in [2.45, 2.75) is 0 Å². The molecule has 2 aromatic carbocycles. The molecule has 0 saturated carbocycles. The molecule has 110 valence electrons. The number of para-hydroxylation sites is 1. The molecular weight excluding hydrogens is 282 g/mol. The third-order valence-electron chi connectivity index (χ3n) is 4.56. The van der Waals surface area contributed by atoms with Gasteiger partial charge in [-0.2, -0.15) is 0 Å². The van der Waals surface area contributed by atoms with Crippen LogP contribution in [0.15, 0.2) is 73.1 Å². The first-order valence-corrected chi connectivity index (χ1v) is 7.73. The molecule has 3 heteroatoms. The van der Waals surface area contributed by atoms with Crippen molar-refractivity contribution in [3.05, 3.63) is 73.1 Å². The Hall–Kier alpha value is -3.07. The molecular formula is C20H15N3. The van der Waals surface area contributed by atoms with Crippen LogP contribution in [0.2, 0.25) is 0 Å². The summed E-state index contributed by atoms with van der Waals surface area (Å²) in [7, 11) is 2.11. The van der Waals surface area contributed by atoms with Crippen molar-refractivity contribution in [2.24, 2.45) is 7.05 Å². The summed E-state index contributed by atoms with van der Waals surface area (Å²) in [5.41, 5.74) is 5.56. The predicted molar refractivity (Wildman–Crippen MR) is 94.6 cm³/mol. The fourth-order valence-electron chi connectivity index (χ4n) is 3.45. The lowest BCUT2D eigenvalue weighted by Gasteiger charge is -1.99. The van der Waals surface area contributed by atoms with E-state index in [0.717, 1.165) is 16.9 Å². The van der Waals surface area contributed by atoms with Crippen LogP contribution in [0.4, 0.5) is 0 Å². The van der Waals surface area contributed by atoms with Crippen molar-refractivity contribution in [3.8, 4) is 11.3 Å². The Bertz CT molecular complexity index is 1160. The maximum atomic E-state index is 4.91. The van der Waals surface area contributed by atoms with Gasteiger partial charge in [-0.25, -0.2) is 4.98 Å². The molecule has 5 aromatic rings. The van der Waals surface area contributed by atoms with Crippen LogP contribution in [0, 0.1) is 0 Å². The van der Waals surface area contributed by atoms with E-state index in [1.165, 1.54) is 21.8 Å². The SMILES string of the molecule is Cn1c2ccccc2c2ccn3cc(-c4ccccc4)nc3c21. The van der Waals surface area contributed by atoms with E-state index in [9.17, 15) is 0 Å². The zero-order valence-electron chi connectivity index (χ0n) is 12.8. The normalized spacial score (nSPS) is 11.7. The summed E-state index contributed by atoms with van der Waals surface area (Å²) in [5, 5.41) is 2.53. The van der Waals surface area contributed by atoms with E-state index in [4.69, 9.17) is 4.98 Å². The topological polar surface area (TPSA) is 22.2 Å². The van der Waals surface area contributed by atoms with Gasteiger partial charge in [0.05, 0.1) is 11.2 Å². The molecule has 0 spiro atoms. The lowest BCUT2D eigenvalue weighted by Crippen LogP contribution is -1.90. The van der Waals surface area contributed by atoms with E-state index >= 15 is 0 Å². The lowest BCUT2D eigenvalue weighted by molar-refractivity contribution is 1.01. The van der Waals surface area contributed by atoms with Crippen LogP contribution in [0.3, 0.4) is 0 Å². The van der Waals surface area contributed by atoms with Gasteiger partial charge >= 0.3 is 0 Å². The Morgan fingerprint density at radius 1 is 0.826 bits per heavy atom. The van der Waals surface area contributed by atoms with Gasteiger partial charge in [0.2, 0.25) is 0 Å². The maximum Gasteiger partial charge on any atom is 0.162 e. The molecule has 0 radical (unpaired) electrons. The standard InChI is InChI=1S/C20H15N3/c1-22-18-10-6-5-9-15(18)16-11-12-23-13-17(21-20(23)19(16)22)14-7-3-2-4-8-14/h2-13H,1H3. The zero-order valence-corrected chi connectivity index (χ0v) is 12.8. The molecule has 23 heavy (non-hydrogen) atoms. The van der Waals surface area contributed by atoms with Crippen LogP contribution in [-0.4, -0.2) is 14.0 Å². The molecule has 0 N–H and O–H groups in total. The molecule has 0 aliphatic rings. The first kappa shape index (κ1) is 12.5. The van der Waals surface area contributed by atoms with Gasteiger partial charge in [0.1, 0.15) is 0 Å². The highest BCUT2D eigenvalue weighted by molar-refractivity contribution is 6.12. The molecule has 0 saturated heterocycles. The van der Waals surface area contributed by atoms with E-state index < -0.39 is 0 Å². The van der Waals surface area contributed by atoms with E-state index in [1.807, 2.05) is 18.2 Å². The second-order valence-corrected chi connectivity index (χ2v) is 5.88. The van der Waals surface area contributed by atoms with Crippen LogP contribution < -0.4 is 0 Å². The van der Waals surface area contributed by atoms with E-state index in [2.05, 4.69) is 70.9 Å². The van der Waals surface area contributed by atoms with Gasteiger partial charge in [-0.1, -0.05) is 48.5 Å². The van der Waals surface area contributed by atoms with E-state index in [1.54, 1.807) is 0 Å². The summed E-state index contributed by atoms with van der Waals surface area (Å²) in [6, 6.07) is 21.0. The Morgan fingerprint density at radius 2 is 1.61 bits per heavy atom. The average Bonchev–Trinajstić information content (AvgIpc) is 3.16. The van der Waals surface area contributed by atoms with Crippen LogP contribution in [0.5, 0.6) is 0 Å². The average molecular weight is 297 g/mol. The third kappa shape index (κ3) is 1.67. The maximum absolute atomic E-state index is 4.91. The van der Waals surface area contributed by atoms with Crippen molar-refractivity contribution >= 4 is 27.5 Å². The molecule has 0 aliphatic heterocycles. The number of benzene rings is 2. The molecule has 3 heterocycles. The number of fused-ring (bicyclic) bond motifs is 5. The monoisotopic (exact) mass is 297 g/mol. The number of aromatic nitrogens is 3. The highest BCUT2D eigenvalue weighted by Crippen LogP contribution is 2.31. The van der Waals surface area contributed by atoms with Gasteiger partial charge in [0, 0.05) is 41.3 Å². The molecule has 3 nitrogen and oxygen atoms in total. The Labute approximate surface area is 133 Å². The Kier molecular flexibility index (Phi) is 2.42. The molecule has 0 atom stereocenters. The lowest BCUT2D eigenvalue weighted by atomic mass is 10.2. The number of imidazole rings is 1. The van der Waals surface area contributed by atoms with Crippen LogP contribution in [0.25, 0.3) is 38.7 Å². The second kappa shape index (κ2) is 4.46. The number of nitrogens with zero attached hydrogens (tertiary/aromatic N) is 3. The van der Waals surface area contributed by atoms with Gasteiger partial charge in [0.15, 0.2) is 5.65 Å². The minimum absolute atomic E-state index is 1.00. The highest BCUT2D eigenvalue weighted by atomic mass is 15.0. The molecule has 0 bridgehead atoms. The molecule has 3 aromatic heterocycles. The van der Waals surface area contributed by atoms with Gasteiger partial charge in [-0.05, 0) is 12.1 Å². The predicted octanol–water partition coefficient (Wildman–Crippen LogP) is 4.65. The second-order valence-electron chi connectivity index (χ2n) is 5.88. The Balaban J connectivity index is 1.91. The first-order chi connectivity index (χ1) is 11.3. The summed E-state index contributed by atoms with van der Waals surface area (Å²) in [4.78, 5) is 4.91. The molecule has 0 unspecified atom stereocenters. The van der Waals surface area contributed by atoms with Crippen molar-refractivity contribution < 1.29 is 0 Å². The van der Waals surface area contributed by atoms with Crippen LogP contribution in [-0.2, 0) is 7.05 Å². The van der Waals surface area contributed by atoms with Crippen molar-refractivity contribution in [1.82, 2.24) is 14.0 Å². The van der Waals surface area contributed by atoms with Crippen LogP contribution in [0.1, 0.15) is 0 Å². The fourth-order valence-corrected chi connectivity index (χ4v) is 3.45. The quantitative estimate of drug-likeness (QED) is 0.441. The Morgan fingerprint density at radius 3 is 2.48 bits per heavy atom. The van der Waals surface area contributed by atoms with Gasteiger partial charge in [0.25, 0.3) is 0 Å².